The van der Waals surface area contributed by atoms with Gasteiger partial charge in [-0.25, -0.2) is 0 Å². The summed E-state index contributed by atoms with van der Waals surface area (Å²) in [4.78, 5) is 14.6. The van der Waals surface area contributed by atoms with Crippen LogP contribution in [0.5, 0.6) is 0 Å². The number of halogens is 1. The topological polar surface area (TPSA) is 20.3 Å². The van der Waals surface area contributed by atoms with Crippen molar-refractivity contribution in [3.8, 4) is 0 Å². The number of hydrogen-bond donors (Lipinski definition) is 0. The highest BCUT2D eigenvalue weighted by molar-refractivity contribution is 9.10. The van der Waals surface area contributed by atoms with Gasteiger partial charge in [-0.3, -0.25) is 4.79 Å². The first-order valence-corrected chi connectivity index (χ1v) is 7.35. The van der Waals surface area contributed by atoms with Gasteiger partial charge in [0.05, 0.1) is 5.56 Å². The Bertz CT molecular complexity index is 458. The first-order valence-electron chi connectivity index (χ1n) is 6.56. The molecule has 0 bridgehead atoms. The van der Waals surface area contributed by atoms with Crippen molar-refractivity contribution < 1.29 is 4.79 Å². The molecule has 3 heteroatoms. The van der Waals surface area contributed by atoms with Crippen molar-refractivity contribution >= 4 is 21.8 Å². The lowest BCUT2D eigenvalue weighted by Gasteiger charge is -2.36. The summed E-state index contributed by atoms with van der Waals surface area (Å²) in [5, 5.41) is 0. The summed E-state index contributed by atoms with van der Waals surface area (Å²) in [5.74, 6) is 0.881. The molecule has 1 saturated heterocycles. The predicted molar refractivity (Wildman–Crippen MR) is 77.8 cm³/mol. The highest BCUT2D eigenvalue weighted by Gasteiger charge is 2.28. The van der Waals surface area contributed by atoms with Crippen LogP contribution in [0, 0.1) is 12.8 Å². The largest absolute Gasteiger partial charge is 0.336 e. The third-order valence-corrected chi connectivity index (χ3v) is 4.41. The number of piperidine rings is 1. The molecule has 0 spiro atoms. The number of aryl methyl sites for hydroxylation is 1. The normalized spacial score (nSPS) is 24.1. The Morgan fingerprint density at radius 2 is 2.11 bits per heavy atom. The SMILES string of the molecule is Cc1ccc(C(=O)N2CCC(C)CC2C)c(Br)c1. The zero-order chi connectivity index (χ0) is 13.3. The molecule has 0 aromatic heterocycles. The van der Waals surface area contributed by atoms with Crippen LogP contribution in [0.2, 0.25) is 0 Å². The van der Waals surface area contributed by atoms with Crippen LogP contribution in [-0.4, -0.2) is 23.4 Å². The number of rotatable bonds is 1. The third kappa shape index (κ3) is 2.77. The van der Waals surface area contributed by atoms with E-state index in [1.165, 1.54) is 5.56 Å². The van der Waals surface area contributed by atoms with E-state index in [2.05, 4.69) is 29.8 Å². The maximum Gasteiger partial charge on any atom is 0.255 e. The molecule has 0 saturated carbocycles. The first kappa shape index (κ1) is 13.6. The van der Waals surface area contributed by atoms with Crippen LogP contribution in [0.25, 0.3) is 0 Å². The van der Waals surface area contributed by atoms with Gasteiger partial charge in [0, 0.05) is 17.1 Å². The number of carbonyl (C=O) groups is 1. The molecule has 1 aromatic rings. The van der Waals surface area contributed by atoms with Crippen molar-refractivity contribution in [2.45, 2.75) is 39.7 Å². The fraction of sp³-hybridized carbons (Fsp3) is 0.533. The molecule has 18 heavy (non-hydrogen) atoms. The summed E-state index contributed by atoms with van der Waals surface area (Å²) in [6.07, 6.45) is 2.22. The van der Waals surface area contributed by atoms with Crippen molar-refractivity contribution in [2.75, 3.05) is 6.54 Å². The van der Waals surface area contributed by atoms with Gasteiger partial charge in [0.15, 0.2) is 0 Å². The van der Waals surface area contributed by atoms with E-state index in [9.17, 15) is 4.79 Å². The maximum absolute atomic E-state index is 12.5. The van der Waals surface area contributed by atoms with Gasteiger partial charge in [-0.1, -0.05) is 13.0 Å². The molecular weight excluding hydrogens is 290 g/mol. The van der Waals surface area contributed by atoms with E-state index in [4.69, 9.17) is 0 Å². The molecule has 2 rings (SSSR count). The molecule has 0 N–H and O–H groups in total. The van der Waals surface area contributed by atoms with Crippen LogP contribution in [-0.2, 0) is 0 Å². The van der Waals surface area contributed by atoms with E-state index in [1.807, 2.05) is 30.0 Å². The molecule has 98 valence electrons. The summed E-state index contributed by atoms with van der Waals surface area (Å²) >= 11 is 3.50. The summed E-state index contributed by atoms with van der Waals surface area (Å²) in [6, 6.07) is 6.26. The van der Waals surface area contributed by atoms with Gasteiger partial charge in [0.1, 0.15) is 0 Å². The molecule has 2 nitrogen and oxygen atoms in total. The molecule has 1 aromatic carbocycles. The van der Waals surface area contributed by atoms with Crippen LogP contribution < -0.4 is 0 Å². The quantitative estimate of drug-likeness (QED) is 0.767. The van der Waals surface area contributed by atoms with Gasteiger partial charge in [-0.05, 0) is 66.2 Å². The number of benzene rings is 1. The van der Waals surface area contributed by atoms with Crippen molar-refractivity contribution in [1.82, 2.24) is 4.90 Å². The van der Waals surface area contributed by atoms with Crippen LogP contribution in [0.3, 0.4) is 0 Å². The first-order chi connectivity index (χ1) is 8.49. The Labute approximate surface area is 117 Å². The molecule has 1 amide bonds. The van der Waals surface area contributed by atoms with E-state index >= 15 is 0 Å². The summed E-state index contributed by atoms with van der Waals surface area (Å²) in [5.41, 5.74) is 1.95. The third-order valence-electron chi connectivity index (χ3n) is 3.75. The second-order valence-electron chi connectivity index (χ2n) is 5.46. The van der Waals surface area contributed by atoms with Gasteiger partial charge in [-0.15, -0.1) is 0 Å². The van der Waals surface area contributed by atoms with E-state index in [0.29, 0.717) is 6.04 Å². The Kier molecular flexibility index (Phi) is 4.10. The van der Waals surface area contributed by atoms with Crippen molar-refractivity contribution in [3.05, 3.63) is 33.8 Å². The highest BCUT2D eigenvalue weighted by atomic mass is 79.9. The molecule has 2 atom stereocenters. The molecule has 1 aliphatic rings. The standard InChI is InChI=1S/C15H20BrNO/c1-10-4-5-13(14(16)9-10)15(18)17-7-6-11(2)8-12(17)3/h4-5,9,11-12H,6-8H2,1-3H3. The zero-order valence-corrected chi connectivity index (χ0v) is 12.8. The molecule has 1 heterocycles. The lowest BCUT2D eigenvalue weighted by atomic mass is 9.93. The lowest BCUT2D eigenvalue weighted by Crippen LogP contribution is -2.44. The van der Waals surface area contributed by atoms with Crippen LogP contribution in [0.1, 0.15) is 42.6 Å². The summed E-state index contributed by atoms with van der Waals surface area (Å²) < 4.78 is 0.901. The van der Waals surface area contributed by atoms with Crippen molar-refractivity contribution in [2.24, 2.45) is 5.92 Å². The van der Waals surface area contributed by atoms with Crippen molar-refractivity contribution in [3.63, 3.8) is 0 Å². The summed E-state index contributed by atoms with van der Waals surface area (Å²) in [6.45, 7) is 7.32. The molecule has 1 fully saturated rings. The van der Waals surface area contributed by atoms with Gasteiger partial charge in [0.2, 0.25) is 0 Å². The van der Waals surface area contributed by atoms with Crippen molar-refractivity contribution in [1.29, 1.82) is 0 Å². The fourth-order valence-electron chi connectivity index (χ4n) is 2.66. The van der Waals surface area contributed by atoms with Crippen LogP contribution >= 0.6 is 15.9 Å². The van der Waals surface area contributed by atoms with E-state index < -0.39 is 0 Å². The minimum absolute atomic E-state index is 0.154. The predicted octanol–water partition coefficient (Wildman–Crippen LogP) is 4.02. The smallest absolute Gasteiger partial charge is 0.255 e. The number of hydrogen-bond acceptors (Lipinski definition) is 1. The number of carbonyl (C=O) groups excluding carboxylic acids is 1. The second kappa shape index (κ2) is 5.43. The monoisotopic (exact) mass is 309 g/mol. The number of amides is 1. The Balaban J connectivity index is 2.20. The average Bonchev–Trinajstić information content (AvgIpc) is 2.28. The van der Waals surface area contributed by atoms with Gasteiger partial charge >= 0.3 is 0 Å². The fourth-order valence-corrected chi connectivity index (χ4v) is 3.32. The average molecular weight is 310 g/mol. The number of likely N-dealkylation sites (tertiary alicyclic amines) is 1. The van der Waals surface area contributed by atoms with Gasteiger partial charge in [0.25, 0.3) is 5.91 Å². The molecule has 2 unspecified atom stereocenters. The number of nitrogens with zero attached hydrogens (tertiary/aromatic N) is 1. The maximum atomic E-state index is 12.5. The summed E-state index contributed by atoms with van der Waals surface area (Å²) in [7, 11) is 0. The molecule has 0 radical (unpaired) electrons. The Hall–Kier alpha value is -0.830. The molecule has 1 aliphatic heterocycles. The molecular formula is C15H20BrNO. The highest BCUT2D eigenvalue weighted by Crippen LogP contribution is 2.26. The van der Waals surface area contributed by atoms with Gasteiger partial charge < -0.3 is 4.90 Å². The minimum atomic E-state index is 0.154. The van der Waals surface area contributed by atoms with Crippen LogP contribution in [0.15, 0.2) is 22.7 Å². The van der Waals surface area contributed by atoms with E-state index in [-0.39, 0.29) is 5.91 Å². The lowest BCUT2D eigenvalue weighted by molar-refractivity contribution is 0.0587. The zero-order valence-electron chi connectivity index (χ0n) is 11.2. The van der Waals surface area contributed by atoms with Gasteiger partial charge in [-0.2, -0.15) is 0 Å². The minimum Gasteiger partial charge on any atom is -0.336 e. The Morgan fingerprint density at radius 1 is 1.39 bits per heavy atom. The molecule has 0 aliphatic carbocycles. The second-order valence-corrected chi connectivity index (χ2v) is 6.31. The van der Waals surface area contributed by atoms with Crippen LogP contribution in [0.4, 0.5) is 0 Å². The van der Waals surface area contributed by atoms with E-state index in [1.54, 1.807) is 0 Å². The Morgan fingerprint density at radius 3 is 2.72 bits per heavy atom. The van der Waals surface area contributed by atoms with E-state index in [0.717, 1.165) is 35.3 Å².